The highest BCUT2D eigenvalue weighted by atomic mass is 16.5. The van der Waals surface area contributed by atoms with Crippen LogP contribution in [0.15, 0.2) is 34.9 Å². The van der Waals surface area contributed by atoms with Crippen molar-refractivity contribution < 1.29 is 4.52 Å². The molecule has 0 aliphatic carbocycles. The Labute approximate surface area is 114 Å². The van der Waals surface area contributed by atoms with E-state index in [1.807, 2.05) is 13.8 Å². The molecule has 0 bridgehead atoms. The molecular weight excluding hydrogens is 236 g/mol. The molecular formula is C16H20N2O. The summed E-state index contributed by atoms with van der Waals surface area (Å²) >= 11 is 0. The van der Waals surface area contributed by atoms with Crippen LogP contribution in [0.4, 0.5) is 0 Å². The first-order valence-electron chi connectivity index (χ1n) is 6.96. The summed E-state index contributed by atoms with van der Waals surface area (Å²) in [6.45, 7) is 6.23. The van der Waals surface area contributed by atoms with E-state index in [1.165, 1.54) is 24.0 Å². The second-order valence-electron chi connectivity index (χ2n) is 5.35. The van der Waals surface area contributed by atoms with Gasteiger partial charge in [-0.15, -0.1) is 0 Å². The van der Waals surface area contributed by atoms with Gasteiger partial charge in [-0.1, -0.05) is 35.5 Å². The fourth-order valence-electron chi connectivity index (χ4n) is 3.13. The number of nitrogens with zero attached hydrogens (tertiary/aromatic N) is 2. The van der Waals surface area contributed by atoms with Crippen LogP contribution in [0.5, 0.6) is 0 Å². The molecule has 1 aliphatic rings. The third-order valence-electron chi connectivity index (χ3n) is 4.01. The number of aromatic nitrogens is 1. The topological polar surface area (TPSA) is 29.3 Å². The Balaban J connectivity index is 1.82. The summed E-state index contributed by atoms with van der Waals surface area (Å²) in [4.78, 5) is 2.54. The molecule has 3 rings (SSSR count). The molecule has 1 aromatic carbocycles. The van der Waals surface area contributed by atoms with Crippen LogP contribution in [-0.2, 0) is 6.54 Å². The maximum atomic E-state index is 5.33. The van der Waals surface area contributed by atoms with Crippen LogP contribution >= 0.6 is 0 Å². The van der Waals surface area contributed by atoms with Crippen molar-refractivity contribution in [2.45, 2.75) is 39.3 Å². The van der Waals surface area contributed by atoms with Gasteiger partial charge >= 0.3 is 0 Å². The lowest BCUT2D eigenvalue weighted by Crippen LogP contribution is -2.23. The average Bonchev–Trinajstić information content (AvgIpc) is 2.98. The Hall–Kier alpha value is -1.61. The predicted molar refractivity (Wildman–Crippen MR) is 74.8 cm³/mol. The minimum atomic E-state index is 0.464. The van der Waals surface area contributed by atoms with Gasteiger partial charge in [0.05, 0.1) is 5.69 Å². The molecule has 2 aromatic rings. The van der Waals surface area contributed by atoms with E-state index < -0.39 is 0 Å². The summed E-state index contributed by atoms with van der Waals surface area (Å²) in [5.41, 5.74) is 3.72. The zero-order valence-electron chi connectivity index (χ0n) is 11.6. The van der Waals surface area contributed by atoms with E-state index in [4.69, 9.17) is 4.52 Å². The lowest BCUT2D eigenvalue weighted by molar-refractivity contribution is 0.245. The van der Waals surface area contributed by atoms with Crippen molar-refractivity contribution in [2.24, 2.45) is 0 Å². The van der Waals surface area contributed by atoms with Gasteiger partial charge in [0.25, 0.3) is 0 Å². The number of hydrogen-bond acceptors (Lipinski definition) is 3. The third-order valence-corrected chi connectivity index (χ3v) is 4.01. The Bertz CT molecular complexity index is 528. The molecule has 0 amide bonds. The lowest BCUT2D eigenvalue weighted by Gasteiger charge is -2.24. The van der Waals surface area contributed by atoms with E-state index in [1.54, 1.807) is 0 Å². The van der Waals surface area contributed by atoms with Gasteiger partial charge in [0.15, 0.2) is 0 Å². The smallest absolute Gasteiger partial charge is 0.138 e. The number of likely N-dealkylation sites (tertiary alicyclic amines) is 1. The molecule has 0 saturated carbocycles. The van der Waals surface area contributed by atoms with Gasteiger partial charge in [0.1, 0.15) is 5.76 Å². The van der Waals surface area contributed by atoms with Crippen LogP contribution in [0.3, 0.4) is 0 Å². The molecule has 2 heterocycles. The summed E-state index contributed by atoms with van der Waals surface area (Å²) in [5, 5.41) is 4.10. The first kappa shape index (κ1) is 12.4. The number of rotatable bonds is 3. The Morgan fingerprint density at radius 1 is 1.26 bits per heavy atom. The SMILES string of the molecule is Cc1noc(C)c1[C@H]1CCCN1Cc1ccccc1. The second kappa shape index (κ2) is 5.17. The molecule has 3 nitrogen and oxygen atoms in total. The highest BCUT2D eigenvalue weighted by Crippen LogP contribution is 2.36. The quantitative estimate of drug-likeness (QED) is 0.839. The highest BCUT2D eigenvalue weighted by Gasteiger charge is 2.30. The monoisotopic (exact) mass is 256 g/mol. The fraction of sp³-hybridized carbons (Fsp3) is 0.438. The van der Waals surface area contributed by atoms with Crippen molar-refractivity contribution in [1.82, 2.24) is 10.1 Å². The van der Waals surface area contributed by atoms with Crippen molar-refractivity contribution >= 4 is 0 Å². The Morgan fingerprint density at radius 3 is 2.74 bits per heavy atom. The first-order valence-corrected chi connectivity index (χ1v) is 6.96. The van der Waals surface area contributed by atoms with Gasteiger partial charge in [0, 0.05) is 18.2 Å². The minimum absolute atomic E-state index is 0.464. The van der Waals surface area contributed by atoms with Crippen molar-refractivity contribution in [3.05, 3.63) is 52.9 Å². The Morgan fingerprint density at radius 2 is 2.05 bits per heavy atom. The number of hydrogen-bond donors (Lipinski definition) is 0. The molecule has 0 unspecified atom stereocenters. The van der Waals surface area contributed by atoms with Crippen LogP contribution < -0.4 is 0 Å². The summed E-state index contributed by atoms with van der Waals surface area (Å²) in [5.74, 6) is 0.975. The normalized spacial score (nSPS) is 20.0. The zero-order valence-corrected chi connectivity index (χ0v) is 11.6. The van der Waals surface area contributed by atoms with Crippen LogP contribution in [0.1, 0.15) is 41.5 Å². The standard InChI is InChI=1S/C16H20N2O/c1-12-16(13(2)19-17-12)15-9-6-10-18(15)11-14-7-4-3-5-8-14/h3-5,7-8,15H,6,9-11H2,1-2H3/t15-/m1/s1. The van der Waals surface area contributed by atoms with E-state index in [-0.39, 0.29) is 0 Å². The van der Waals surface area contributed by atoms with E-state index in [0.717, 1.165) is 24.5 Å². The molecule has 1 saturated heterocycles. The molecule has 0 N–H and O–H groups in total. The molecule has 1 aliphatic heterocycles. The van der Waals surface area contributed by atoms with Gasteiger partial charge < -0.3 is 4.52 Å². The first-order chi connectivity index (χ1) is 9.25. The average molecular weight is 256 g/mol. The van der Waals surface area contributed by atoms with Crippen LogP contribution in [0, 0.1) is 13.8 Å². The second-order valence-corrected chi connectivity index (χ2v) is 5.35. The highest BCUT2D eigenvalue weighted by molar-refractivity contribution is 5.26. The molecule has 1 aromatic heterocycles. The summed E-state index contributed by atoms with van der Waals surface area (Å²) < 4.78 is 5.33. The van der Waals surface area contributed by atoms with E-state index in [2.05, 4.69) is 40.4 Å². The minimum Gasteiger partial charge on any atom is -0.361 e. The fourth-order valence-corrected chi connectivity index (χ4v) is 3.13. The molecule has 0 spiro atoms. The van der Waals surface area contributed by atoms with Crippen LogP contribution in [-0.4, -0.2) is 16.6 Å². The Kier molecular flexibility index (Phi) is 3.38. The lowest BCUT2D eigenvalue weighted by atomic mass is 10.0. The van der Waals surface area contributed by atoms with Crippen molar-refractivity contribution in [3.63, 3.8) is 0 Å². The molecule has 100 valence electrons. The largest absolute Gasteiger partial charge is 0.361 e. The molecule has 0 radical (unpaired) electrons. The summed E-state index contributed by atoms with van der Waals surface area (Å²) in [7, 11) is 0. The maximum Gasteiger partial charge on any atom is 0.138 e. The maximum absolute atomic E-state index is 5.33. The number of benzene rings is 1. The molecule has 19 heavy (non-hydrogen) atoms. The van der Waals surface area contributed by atoms with Crippen LogP contribution in [0.25, 0.3) is 0 Å². The summed E-state index contributed by atoms with van der Waals surface area (Å²) in [6.07, 6.45) is 2.46. The van der Waals surface area contributed by atoms with E-state index >= 15 is 0 Å². The van der Waals surface area contributed by atoms with E-state index in [9.17, 15) is 0 Å². The van der Waals surface area contributed by atoms with Crippen molar-refractivity contribution in [2.75, 3.05) is 6.54 Å². The van der Waals surface area contributed by atoms with Gasteiger partial charge in [-0.05, 0) is 38.8 Å². The van der Waals surface area contributed by atoms with E-state index in [0.29, 0.717) is 6.04 Å². The third kappa shape index (κ3) is 2.43. The zero-order chi connectivity index (χ0) is 13.2. The van der Waals surface area contributed by atoms with Crippen molar-refractivity contribution in [3.8, 4) is 0 Å². The van der Waals surface area contributed by atoms with Gasteiger partial charge in [-0.2, -0.15) is 0 Å². The predicted octanol–water partition coefficient (Wildman–Crippen LogP) is 3.63. The molecule has 3 heteroatoms. The van der Waals surface area contributed by atoms with Gasteiger partial charge in [-0.25, -0.2) is 0 Å². The summed E-state index contributed by atoms with van der Waals surface area (Å²) in [6, 6.07) is 11.1. The van der Waals surface area contributed by atoms with Gasteiger partial charge in [-0.3, -0.25) is 4.90 Å². The molecule has 1 fully saturated rings. The molecule has 1 atom stereocenters. The van der Waals surface area contributed by atoms with Gasteiger partial charge in [0.2, 0.25) is 0 Å². The number of aryl methyl sites for hydroxylation is 2. The van der Waals surface area contributed by atoms with Crippen LogP contribution in [0.2, 0.25) is 0 Å². The van der Waals surface area contributed by atoms with Crippen molar-refractivity contribution in [1.29, 1.82) is 0 Å².